The van der Waals surface area contributed by atoms with E-state index in [1.807, 2.05) is 42.5 Å². The van der Waals surface area contributed by atoms with Gasteiger partial charge in [0.15, 0.2) is 0 Å². The summed E-state index contributed by atoms with van der Waals surface area (Å²) in [7, 11) is 0. The third-order valence-corrected chi connectivity index (χ3v) is 3.82. The van der Waals surface area contributed by atoms with Crippen molar-refractivity contribution in [3.8, 4) is 11.5 Å². The highest BCUT2D eigenvalue weighted by molar-refractivity contribution is 6.29. The van der Waals surface area contributed by atoms with E-state index in [9.17, 15) is 0 Å². The van der Waals surface area contributed by atoms with Crippen LogP contribution < -0.4 is 10.1 Å². The van der Waals surface area contributed by atoms with E-state index in [0.717, 1.165) is 28.0 Å². The third kappa shape index (κ3) is 3.51. The van der Waals surface area contributed by atoms with E-state index in [2.05, 4.69) is 20.3 Å². The smallest absolute Gasteiger partial charge is 0.145 e. The Bertz CT molecular complexity index is 1010. The van der Waals surface area contributed by atoms with Crippen LogP contribution in [0.3, 0.4) is 0 Å². The van der Waals surface area contributed by atoms with Gasteiger partial charge in [-0.25, -0.2) is 9.97 Å². The highest BCUT2D eigenvalue weighted by Gasteiger charge is 2.06. The summed E-state index contributed by atoms with van der Waals surface area (Å²) in [5.41, 5.74) is 0.820. The number of aromatic nitrogens is 3. The van der Waals surface area contributed by atoms with Crippen LogP contribution in [0.1, 0.15) is 0 Å². The Kier molecular flexibility index (Phi) is 4.14. The molecule has 25 heavy (non-hydrogen) atoms. The van der Waals surface area contributed by atoms with Crippen molar-refractivity contribution in [2.24, 2.45) is 0 Å². The molecule has 5 nitrogen and oxygen atoms in total. The first-order valence-corrected chi connectivity index (χ1v) is 8.01. The lowest BCUT2D eigenvalue weighted by atomic mass is 10.1. The average Bonchev–Trinajstić information content (AvgIpc) is 2.64. The third-order valence-electron chi connectivity index (χ3n) is 3.60. The number of fused-ring (bicyclic) bond motifs is 1. The van der Waals surface area contributed by atoms with Gasteiger partial charge in [-0.15, -0.1) is 0 Å². The van der Waals surface area contributed by atoms with Crippen LogP contribution in [0.2, 0.25) is 5.15 Å². The minimum Gasteiger partial charge on any atom is -0.456 e. The Morgan fingerprint density at radius 1 is 0.880 bits per heavy atom. The number of pyridine rings is 3. The van der Waals surface area contributed by atoms with Crippen molar-refractivity contribution in [1.82, 2.24) is 15.0 Å². The zero-order chi connectivity index (χ0) is 17.1. The van der Waals surface area contributed by atoms with Crippen LogP contribution in [0, 0.1) is 0 Å². The Morgan fingerprint density at radius 2 is 1.84 bits per heavy atom. The first-order valence-electron chi connectivity index (χ1n) is 7.63. The monoisotopic (exact) mass is 348 g/mol. The largest absolute Gasteiger partial charge is 0.456 e. The lowest BCUT2D eigenvalue weighted by Gasteiger charge is -2.10. The zero-order valence-electron chi connectivity index (χ0n) is 13.1. The minimum atomic E-state index is 0.452. The molecule has 3 heterocycles. The van der Waals surface area contributed by atoms with Crippen molar-refractivity contribution in [3.63, 3.8) is 0 Å². The maximum Gasteiger partial charge on any atom is 0.145 e. The van der Waals surface area contributed by atoms with E-state index in [1.165, 1.54) is 0 Å². The normalized spacial score (nSPS) is 10.6. The van der Waals surface area contributed by atoms with Crippen molar-refractivity contribution in [2.45, 2.75) is 0 Å². The van der Waals surface area contributed by atoms with Crippen LogP contribution in [0.15, 0.2) is 73.3 Å². The summed E-state index contributed by atoms with van der Waals surface area (Å²) in [5.74, 6) is 2.18. The van der Waals surface area contributed by atoms with Gasteiger partial charge >= 0.3 is 0 Å². The number of halogens is 1. The second-order valence-electron chi connectivity index (χ2n) is 5.33. The maximum atomic E-state index is 5.83. The molecule has 6 heteroatoms. The van der Waals surface area contributed by atoms with Crippen LogP contribution in [-0.4, -0.2) is 15.0 Å². The fourth-order valence-corrected chi connectivity index (χ4v) is 2.56. The summed E-state index contributed by atoms with van der Waals surface area (Å²) < 4.78 is 5.83. The maximum absolute atomic E-state index is 5.83. The number of rotatable bonds is 4. The molecule has 0 radical (unpaired) electrons. The van der Waals surface area contributed by atoms with E-state index in [0.29, 0.717) is 10.9 Å². The van der Waals surface area contributed by atoms with Crippen LogP contribution in [0.5, 0.6) is 11.5 Å². The molecule has 0 aliphatic heterocycles. The first-order chi connectivity index (χ1) is 12.3. The number of nitrogens with one attached hydrogen (secondary N) is 1. The molecule has 0 aliphatic carbocycles. The second-order valence-corrected chi connectivity index (χ2v) is 5.72. The van der Waals surface area contributed by atoms with Gasteiger partial charge < -0.3 is 10.1 Å². The van der Waals surface area contributed by atoms with Gasteiger partial charge in [0.1, 0.15) is 22.5 Å². The van der Waals surface area contributed by atoms with Gasteiger partial charge in [0.25, 0.3) is 0 Å². The van der Waals surface area contributed by atoms with Crippen molar-refractivity contribution in [3.05, 3.63) is 78.5 Å². The molecule has 122 valence electrons. The van der Waals surface area contributed by atoms with Crippen LogP contribution >= 0.6 is 11.6 Å². The predicted octanol–water partition coefficient (Wildman–Crippen LogP) is 5.21. The number of anilines is 2. The summed E-state index contributed by atoms with van der Waals surface area (Å²) in [6.45, 7) is 0. The molecule has 0 unspecified atom stereocenters. The molecule has 1 aromatic carbocycles. The molecule has 1 N–H and O–H groups in total. The number of ether oxygens (including phenoxy) is 1. The molecule has 0 spiro atoms. The molecule has 0 saturated heterocycles. The predicted molar refractivity (Wildman–Crippen MR) is 98.6 cm³/mol. The van der Waals surface area contributed by atoms with Crippen molar-refractivity contribution in [2.75, 3.05) is 5.32 Å². The summed E-state index contributed by atoms with van der Waals surface area (Å²) in [5, 5.41) is 5.71. The van der Waals surface area contributed by atoms with Crippen molar-refractivity contribution >= 4 is 33.9 Å². The molecular weight excluding hydrogens is 336 g/mol. The summed E-state index contributed by atoms with van der Waals surface area (Å²) >= 11 is 5.82. The molecule has 3 aromatic heterocycles. The molecular formula is C19H13ClN4O. The molecule has 0 bridgehead atoms. The van der Waals surface area contributed by atoms with Crippen LogP contribution in [0.25, 0.3) is 10.8 Å². The fourth-order valence-electron chi connectivity index (χ4n) is 2.45. The SMILES string of the molecule is Clc1ccc(Nc2nccc3cc(Oc4cccnc4)ccc23)cn1. The molecule has 4 rings (SSSR count). The van der Waals surface area contributed by atoms with E-state index in [-0.39, 0.29) is 0 Å². The van der Waals surface area contributed by atoms with Gasteiger partial charge in [-0.05, 0) is 53.9 Å². The lowest BCUT2D eigenvalue weighted by molar-refractivity contribution is 0.481. The van der Waals surface area contributed by atoms with E-state index >= 15 is 0 Å². The highest BCUT2D eigenvalue weighted by atomic mass is 35.5. The van der Waals surface area contributed by atoms with Crippen LogP contribution in [-0.2, 0) is 0 Å². The molecule has 0 aliphatic rings. The molecule has 0 saturated carbocycles. The Hall–Kier alpha value is -3.18. The van der Waals surface area contributed by atoms with Gasteiger partial charge in [-0.3, -0.25) is 4.98 Å². The lowest BCUT2D eigenvalue weighted by Crippen LogP contribution is -1.95. The highest BCUT2D eigenvalue weighted by Crippen LogP contribution is 2.29. The summed E-state index contributed by atoms with van der Waals surface area (Å²) in [4.78, 5) is 12.5. The standard InChI is InChI=1S/C19H13ClN4O/c20-18-6-3-14(11-23-18)24-19-17-5-4-15(10-13(17)7-9-22-19)25-16-2-1-8-21-12-16/h1-12H,(H,22,24). The minimum absolute atomic E-state index is 0.452. The number of nitrogens with zero attached hydrogens (tertiary/aromatic N) is 3. The van der Waals surface area contributed by atoms with Crippen molar-refractivity contribution < 1.29 is 4.74 Å². The van der Waals surface area contributed by atoms with Gasteiger partial charge in [-0.2, -0.15) is 0 Å². The molecule has 0 fully saturated rings. The topological polar surface area (TPSA) is 59.9 Å². The summed E-state index contributed by atoms with van der Waals surface area (Å²) in [6.07, 6.45) is 6.81. The van der Waals surface area contributed by atoms with E-state index in [4.69, 9.17) is 16.3 Å². The van der Waals surface area contributed by atoms with E-state index in [1.54, 1.807) is 30.9 Å². The number of hydrogen-bond donors (Lipinski definition) is 1. The zero-order valence-corrected chi connectivity index (χ0v) is 13.8. The fraction of sp³-hybridized carbons (Fsp3) is 0. The quantitative estimate of drug-likeness (QED) is 0.513. The van der Waals surface area contributed by atoms with Gasteiger partial charge in [-0.1, -0.05) is 11.6 Å². The van der Waals surface area contributed by atoms with Gasteiger partial charge in [0.2, 0.25) is 0 Å². The second kappa shape index (κ2) is 6.75. The average molecular weight is 349 g/mol. The molecule has 0 atom stereocenters. The van der Waals surface area contributed by atoms with Gasteiger partial charge in [0.05, 0.1) is 18.1 Å². The molecule has 4 aromatic rings. The van der Waals surface area contributed by atoms with E-state index < -0.39 is 0 Å². The Balaban J connectivity index is 1.64. The van der Waals surface area contributed by atoms with Gasteiger partial charge in [0, 0.05) is 17.8 Å². The van der Waals surface area contributed by atoms with Crippen molar-refractivity contribution in [1.29, 1.82) is 0 Å². The van der Waals surface area contributed by atoms with Crippen LogP contribution in [0.4, 0.5) is 11.5 Å². The summed E-state index contributed by atoms with van der Waals surface area (Å²) in [6, 6.07) is 15.1. The Labute approximate surface area is 149 Å². The number of benzene rings is 1. The Morgan fingerprint density at radius 3 is 2.64 bits per heavy atom. The number of hydrogen-bond acceptors (Lipinski definition) is 5. The first kappa shape index (κ1) is 15.4. The molecule has 0 amide bonds.